The Morgan fingerprint density at radius 3 is 2.32 bits per heavy atom. The number of carbonyl (C=O) groups excluding carboxylic acids is 3. The van der Waals surface area contributed by atoms with Crippen molar-refractivity contribution in [2.45, 2.75) is 58.4 Å². The second-order valence-electron chi connectivity index (χ2n) is 8.81. The van der Waals surface area contributed by atoms with E-state index in [1.54, 1.807) is 31.3 Å². The first-order valence-electron chi connectivity index (χ1n) is 11.8. The Balaban J connectivity index is 1.81. The molecule has 1 aliphatic rings. The monoisotopic (exact) mass is 466 g/mol. The number of carbonyl (C=O) groups is 3. The Hall–Kier alpha value is -3.35. The first kappa shape index (κ1) is 25.3. The van der Waals surface area contributed by atoms with Crippen molar-refractivity contribution in [3.63, 3.8) is 0 Å². The molecule has 1 unspecified atom stereocenters. The van der Waals surface area contributed by atoms with Crippen molar-refractivity contribution in [3.05, 3.63) is 53.6 Å². The van der Waals surface area contributed by atoms with Gasteiger partial charge in [-0.25, -0.2) is 4.90 Å². The molecule has 0 saturated carbocycles. The van der Waals surface area contributed by atoms with Gasteiger partial charge in [0.1, 0.15) is 6.04 Å². The lowest BCUT2D eigenvalue weighted by atomic mass is 10.0. The van der Waals surface area contributed by atoms with Gasteiger partial charge in [-0.2, -0.15) is 0 Å². The highest BCUT2D eigenvalue weighted by Crippen LogP contribution is 2.30. The molecule has 1 saturated heterocycles. The Bertz CT molecular complexity index is 1030. The molecule has 1 fully saturated rings. The smallest absolute Gasteiger partial charge is 0.257 e. The molecule has 7 heteroatoms. The topological polar surface area (TPSA) is 76.2 Å². The van der Waals surface area contributed by atoms with Crippen LogP contribution in [0.4, 0.5) is 5.69 Å². The van der Waals surface area contributed by atoms with E-state index >= 15 is 0 Å². The van der Waals surface area contributed by atoms with Crippen molar-refractivity contribution in [1.29, 1.82) is 0 Å². The number of rotatable bonds is 10. The molecule has 3 rings (SSSR count). The van der Waals surface area contributed by atoms with Gasteiger partial charge in [0.2, 0.25) is 11.8 Å². The lowest BCUT2D eigenvalue weighted by molar-refractivity contribution is -0.138. The normalized spacial score (nSPS) is 15.7. The third-order valence-corrected chi connectivity index (χ3v) is 6.19. The van der Waals surface area contributed by atoms with E-state index in [0.29, 0.717) is 48.9 Å². The fraction of sp³-hybridized carbons (Fsp3) is 0.444. The molecule has 0 bridgehead atoms. The van der Waals surface area contributed by atoms with Gasteiger partial charge in [-0.05, 0) is 54.2 Å². The predicted molar refractivity (Wildman–Crippen MR) is 131 cm³/mol. The summed E-state index contributed by atoms with van der Waals surface area (Å²) in [4.78, 5) is 42.0. The van der Waals surface area contributed by atoms with Gasteiger partial charge in [0, 0.05) is 13.0 Å². The van der Waals surface area contributed by atoms with E-state index in [2.05, 4.69) is 13.8 Å². The average molecular weight is 467 g/mol. The zero-order valence-corrected chi connectivity index (χ0v) is 20.7. The van der Waals surface area contributed by atoms with Crippen LogP contribution in [-0.4, -0.2) is 49.4 Å². The van der Waals surface area contributed by atoms with Crippen molar-refractivity contribution < 1.29 is 23.9 Å². The zero-order valence-electron chi connectivity index (χ0n) is 20.7. The lowest BCUT2D eigenvalue weighted by Gasteiger charge is -2.28. The van der Waals surface area contributed by atoms with Crippen LogP contribution in [0.5, 0.6) is 11.5 Å². The van der Waals surface area contributed by atoms with E-state index in [1.807, 2.05) is 37.3 Å². The van der Waals surface area contributed by atoms with Gasteiger partial charge in [-0.3, -0.25) is 14.4 Å². The fourth-order valence-corrected chi connectivity index (χ4v) is 4.24. The second-order valence-corrected chi connectivity index (χ2v) is 8.81. The Kier molecular flexibility index (Phi) is 8.31. The Labute approximate surface area is 201 Å². The zero-order chi connectivity index (χ0) is 24.8. The SMILES string of the molecule is CCCC(=O)N(CCc1ccc(OC)c(OC)c1)C1CC(=O)N(c2ccc(C(C)C)cc2)C1=O. The van der Waals surface area contributed by atoms with Crippen LogP contribution in [0.3, 0.4) is 0 Å². The van der Waals surface area contributed by atoms with Crippen LogP contribution in [-0.2, 0) is 20.8 Å². The van der Waals surface area contributed by atoms with Crippen LogP contribution in [0.25, 0.3) is 0 Å². The fourth-order valence-electron chi connectivity index (χ4n) is 4.24. The summed E-state index contributed by atoms with van der Waals surface area (Å²) in [5.41, 5.74) is 2.63. The van der Waals surface area contributed by atoms with E-state index in [0.717, 1.165) is 11.1 Å². The van der Waals surface area contributed by atoms with Gasteiger partial charge >= 0.3 is 0 Å². The molecule has 1 aliphatic heterocycles. The van der Waals surface area contributed by atoms with Gasteiger partial charge < -0.3 is 14.4 Å². The number of anilines is 1. The number of imide groups is 1. The first-order valence-corrected chi connectivity index (χ1v) is 11.8. The molecular formula is C27H34N2O5. The molecule has 0 radical (unpaired) electrons. The van der Waals surface area contributed by atoms with E-state index in [9.17, 15) is 14.4 Å². The van der Waals surface area contributed by atoms with Crippen LogP contribution < -0.4 is 14.4 Å². The molecule has 0 aromatic heterocycles. The molecular weight excluding hydrogens is 432 g/mol. The summed E-state index contributed by atoms with van der Waals surface area (Å²) in [6.07, 6.45) is 1.51. The molecule has 1 atom stereocenters. The molecule has 7 nitrogen and oxygen atoms in total. The van der Waals surface area contributed by atoms with Crippen molar-refractivity contribution >= 4 is 23.4 Å². The number of benzene rings is 2. The third kappa shape index (κ3) is 5.41. The molecule has 2 aromatic rings. The average Bonchev–Trinajstić information content (AvgIpc) is 3.12. The summed E-state index contributed by atoms with van der Waals surface area (Å²) in [6, 6.07) is 12.3. The molecule has 34 heavy (non-hydrogen) atoms. The summed E-state index contributed by atoms with van der Waals surface area (Å²) >= 11 is 0. The molecule has 0 aliphatic carbocycles. The number of hydrogen-bond donors (Lipinski definition) is 0. The number of methoxy groups -OCH3 is 2. The van der Waals surface area contributed by atoms with Gasteiger partial charge in [0.15, 0.2) is 11.5 Å². The molecule has 3 amide bonds. The highest BCUT2D eigenvalue weighted by Gasteiger charge is 2.44. The minimum atomic E-state index is -0.795. The van der Waals surface area contributed by atoms with Crippen LogP contribution in [0, 0.1) is 0 Å². The first-order chi connectivity index (χ1) is 16.3. The standard InChI is InChI=1S/C27H34N2O5/c1-6-7-25(30)28(15-14-19-8-13-23(33-4)24(16-19)34-5)22-17-26(31)29(27(22)32)21-11-9-20(10-12-21)18(2)3/h8-13,16,18,22H,6-7,14-15,17H2,1-5H3. The summed E-state index contributed by atoms with van der Waals surface area (Å²) in [7, 11) is 3.15. The number of ether oxygens (including phenoxy) is 2. The highest BCUT2D eigenvalue weighted by atomic mass is 16.5. The van der Waals surface area contributed by atoms with Crippen LogP contribution in [0.15, 0.2) is 42.5 Å². The Morgan fingerprint density at radius 1 is 1.06 bits per heavy atom. The minimum Gasteiger partial charge on any atom is -0.493 e. The molecule has 0 spiro atoms. The molecule has 1 heterocycles. The van der Waals surface area contributed by atoms with Gasteiger partial charge in [-0.1, -0.05) is 39.0 Å². The van der Waals surface area contributed by atoms with Gasteiger partial charge in [0.25, 0.3) is 5.91 Å². The van der Waals surface area contributed by atoms with Gasteiger partial charge in [-0.15, -0.1) is 0 Å². The number of hydrogen-bond acceptors (Lipinski definition) is 5. The summed E-state index contributed by atoms with van der Waals surface area (Å²) < 4.78 is 10.7. The van der Waals surface area contributed by atoms with E-state index in [1.165, 1.54) is 4.90 Å². The van der Waals surface area contributed by atoms with Crippen LogP contribution in [0.1, 0.15) is 57.1 Å². The van der Waals surface area contributed by atoms with Crippen LogP contribution in [0.2, 0.25) is 0 Å². The van der Waals surface area contributed by atoms with Crippen molar-refractivity contribution in [2.24, 2.45) is 0 Å². The van der Waals surface area contributed by atoms with Crippen molar-refractivity contribution in [3.8, 4) is 11.5 Å². The lowest BCUT2D eigenvalue weighted by Crippen LogP contribution is -2.46. The third-order valence-electron chi connectivity index (χ3n) is 6.19. The van der Waals surface area contributed by atoms with Crippen LogP contribution >= 0.6 is 0 Å². The maximum absolute atomic E-state index is 13.4. The molecule has 182 valence electrons. The van der Waals surface area contributed by atoms with Crippen molar-refractivity contribution in [2.75, 3.05) is 25.7 Å². The number of amides is 3. The maximum atomic E-state index is 13.4. The summed E-state index contributed by atoms with van der Waals surface area (Å²) in [6.45, 7) is 6.44. The predicted octanol–water partition coefficient (Wildman–Crippen LogP) is 4.33. The van der Waals surface area contributed by atoms with E-state index in [4.69, 9.17) is 9.47 Å². The van der Waals surface area contributed by atoms with Crippen molar-refractivity contribution in [1.82, 2.24) is 4.90 Å². The maximum Gasteiger partial charge on any atom is 0.257 e. The highest BCUT2D eigenvalue weighted by molar-refractivity contribution is 6.23. The molecule has 0 N–H and O–H groups in total. The summed E-state index contributed by atoms with van der Waals surface area (Å²) in [5.74, 6) is 0.832. The molecule has 2 aromatic carbocycles. The van der Waals surface area contributed by atoms with E-state index in [-0.39, 0.29) is 24.1 Å². The largest absolute Gasteiger partial charge is 0.493 e. The minimum absolute atomic E-state index is 0.00778. The summed E-state index contributed by atoms with van der Waals surface area (Å²) in [5, 5.41) is 0. The quantitative estimate of drug-likeness (QED) is 0.487. The van der Waals surface area contributed by atoms with E-state index < -0.39 is 6.04 Å². The van der Waals surface area contributed by atoms with Gasteiger partial charge in [0.05, 0.1) is 26.3 Å². The number of nitrogens with zero attached hydrogens (tertiary/aromatic N) is 2. The second kappa shape index (κ2) is 11.2. The Morgan fingerprint density at radius 2 is 1.74 bits per heavy atom.